The van der Waals surface area contributed by atoms with Gasteiger partial charge in [-0.2, -0.15) is 0 Å². The average Bonchev–Trinajstić information content (AvgIpc) is 2.75. The molecule has 2 heterocycles. The molecule has 0 amide bonds. The van der Waals surface area contributed by atoms with E-state index in [1.54, 1.807) is 6.33 Å². The summed E-state index contributed by atoms with van der Waals surface area (Å²) in [7, 11) is 0. The third-order valence-corrected chi connectivity index (χ3v) is 2.16. The van der Waals surface area contributed by atoms with Gasteiger partial charge in [0.25, 0.3) is 5.56 Å². The van der Waals surface area contributed by atoms with Crippen molar-refractivity contribution in [3.63, 3.8) is 0 Å². The minimum absolute atomic E-state index is 0.245. The number of aryl methyl sites for hydroxylation is 1. The lowest BCUT2D eigenvalue weighted by atomic mass is 10.5. The zero-order valence-corrected chi connectivity index (χ0v) is 8.84. The summed E-state index contributed by atoms with van der Waals surface area (Å²) in [5.74, 6) is 1.06. The Balaban J connectivity index is 2.08. The number of aromatic amines is 1. The molecule has 2 aromatic heterocycles. The molecule has 0 saturated heterocycles. The molecule has 0 spiro atoms. The number of hydrogen-bond donors (Lipinski definition) is 2. The number of nitrogens with one attached hydrogen (secondary N) is 2. The second-order valence-corrected chi connectivity index (χ2v) is 3.15. The predicted molar refractivity (Wildman–Crippen MR) is 57.9 cm³/mol. The molecule has 84 valence electrons. The summed E-state index contributed by atoms with van der Waals surface area (Å²) in [6, 6.07) is 0. The van der Waals surface area contributed by atoms with Gasteiger partial charge < -0.3 is 14.9 Å². The van der Waals surface area contributed by atoms with Gasteiger partial charge in [-0.25, -0.2) is 4.98 Å². The van der Waals surface area contributed by atoms with E-state index < -0.39 is 0 Å². The second kappa shape index (κ2) is 4.56. The Bertz CT molecular complexity index is 516. The molecular weight excluding hydrogens is 208 g/mol. The molecule has 7 nitrogen and oxygen atoms in total. The predicted octanol–water partition coefficient (Wildman–Crippen LogP) is -0.00660. The Hall–Kier alpha value is -2.18. The monoisotopic (exact) mass is 220 g/mol. The number of anilines is 1. The van der Waals surface area contributed by atoms with Crippen LogP contribution < -0.4 is 10.9 Å². The minimum atomic E-state index is -0.245. The second-order valence-electron chi connectivity index (χ2n) is 3.15. The number of H-pyrrole nitrogens is 1. The van der Waals surface area contributed by atoms with Crippen LogP contribution in [0.2, 0.25) is 0 Å². The summed E-state index contributed by atoms with van der Waals surface area (Å²) in [5, 5.41) is 10.6. The Morgan fingerprint density at radius 2 is 2.44 bits per heavy atom. The van der Waals surface area contributed by atoms with Crippen LogP contribution in [0.5, 0.6) is 0 Å². The van der Waals surface area contributed by atoms with Crippen LogP contribution in [-0.2, 0) is 13.1 Å². The summed E-state index contributed by atoms with van der Waals surface area (Å²) in [4.78, 5) is 17.8. The first-order valence-electron chi connectivity index (χ1n) is 4.95. The molecule has 0 radical (unpaired) electrons. The molecule has 2 rings (SSSR count). The molecular formula is C9H12N6O. The zero-order chi connectivity index (χ0) is 11.4. The Labute approximate surface area is 91.6 Å². The van der Waals surface area contributed by atoms with Crippen LogP contribution in [0.3, 0.4) is 0 Å². The smallest absolute Gasteiger partial charge is 0.290 e. The van der Waals surface area contributed by atoms with Crippen molar-refractivity contribution in [2.45, 2.75) is 20.0 Å². The Morgan fingerprint density at radius 3 is 3.19 bits per heavy atom. The molecule has 16 heavy (non-hydrogen) atoms. The Kier molecular flexibility index (Phi) is 2.95. The lowest BCUT2D eigenvalue weighted by molar-refractivity contribution is 0.707. The number of hydrogen-bond acceptors (Lipinski definition) is 5. The number of rotatable bonds is 4. The van der Waals surface area contributed by atoms with Gasteiger partial charge in [-0.1, -0.05) is 0 Å². The Morgan fingerprint density at radius 1 is 1.56 bits per heavy atom. The average molecular weight is 220 g/mol. The first-order valence-corrected chi connectivity index (χ1v) is 4.95. The molecule has 0 aliphatic rings. The fourth-order valence-electron chi connectivity index (χ4n) is 1.32. The van der Waals surface area contributed by atoms with E-state index in [9.17, 15) is 4.79 Å². The van der Waals surface area contributed by atoms with E-state index in [1.165, 1.54) is 12.4 Å². The van der Waals surface area contributed by atoms with Gasteiger partial charge >= 0.3 is 0 Å². The highest BCUT2D eigenvalue weighted by atomic mass is 16.1. The minimum Gasteiger partial charge on any atom is -0.358 e. The van der Waals surface area contributed by atoms with Gasteiger partial charge in [0, 0.05) is 18.9 Å². The lowest BCUT2D eigenvalue weighted by Gasteiger charge is -2.04. The van der Waals surface area contributed by atoms with Gasteiger partial charge in [0.1, 0.15) is 6.33 Å². The fourth-order valence-corrected chi connectivity index (χ4v) is 1.32. The topological polar surface area (TPSA) is 88.5 Å². The van der Waals surface area contributed by atoms with Crippen molar-refractivity contribution in [3.05, 3.63) is 34.9 Å². The van der Waals surface area contributed by atoms with Crippen molar-refractivity contribution >= 4 is 5.82 Å². The van der Waals surface area contributed by atoms with Crippen LogP contribution in [0.1, 0.15) is 12.7 Å². The third-order valence-electron chi connectivity index (χ3n) is 2.16. The molecule has 2 N–H and O–H groups in total. The molecule has 0 bridgehead atoms. The van der Waals surface area contributed by atoms with E-state index in [0.717, 1.165) is 12.4 Å². The van der Waals surface area contributed by atoms with Crippen molar-refractivity contribution in [3.8, 4) is 0 Å². The van der Waals surface area contributed by atoms with Crippen LogP contribution in [0.4, 0.5) is 5.82 Å². The number of nitrogens with zero attached hydrogens (tertiary/aromatic N) is 4. The van der Waals surface area contributed by atoms with Crippen molar-refractivity contribution in [2.24, 2.45) is 0 Å². The first kappa shape index (κ1) is 10.3. The van der Waals surface area contributed by atoms with Gasteiger partial charge in [0.05, 0.1) is 6.54 Å². The van der Waals surface area contributed by atoms with E-state index in [2.05, 4.69) is 25.5 Å². The summed E-state index contributed by atoms with van der Waals surface area (Å²) in [6.07, 6.45) is 4.66. The van der Waals surface area contributed by atoms with Crippen LogP contribution in [-0.4, -0.2) is 24.7 Å². The fraction of sp³-hybridized carbons (Fsp3) is 0.333. The largest absolute Gasteiger partial charge is 0.358 e. The molecule has 0 aliphatic heterocycles. The van der Waals surface area contributed by atoms with E-state index in [4.69, 9.17) is 0 Å². The van der Waals surface area contributed by atoms with Crippen LogP contribution in [0.15, 0.2) is 23.5 Å². The summed E-state index contributed by atoms with van der Waals surface area (Å²) >= 11 is 0. The maximum absolute atomic E-state index is 11.3. The summed E-state index contributed by atoms with van der Waals surface area (Å²) in [5.41, 5.74) is -0.245. The highest BCUT2D eigenvalue weighted by molar-refractivity contribution is 5.30. The van der Waals surface area contributed by atoms with E-state index >= 15 is 0 Å². The molecule has 0 saturated carbocycles. The highest BCUT2D eigenvalue weighted by Gasteiger charge is 2.04. The standard InChI is InChI=1S/C9H12N6O/c1-2-15-6-13-14-7(15)5-12-8-9(16)11-4-3-10-8/h3-4,6H,2,5H2,1H3,(H,10,12)(H,11,16). The van der Waals surface area contributed by atoms with Crippen molar-refractivity contribution in [1.82, 2.24) is 24.7 Å². The van der Waals surface area contributed by atoms with E-state index in [0.29, 0.717) is 6.54 Å². The maximum atomic E-state index is 11.3. The van der Waals surface area contributed by atoms with Crippen molar-refractivity contribution in [1.29, 1.82) is 0 Å². The van der Waals surface area contributed by atoms with Crippen molar-refractivity contribution < 1.29 is 0 Å². The van der Waals surface area contributed by atoms with Crippen LogP contribution >= 0.6 is 0 Å². The SMILES string of the molecule is CCn1cnnc1CNc1ncc[nH]c1=O. The normalized spacial score (nSPS) is 10.3. The first-order chi connectivity index (χ1) is 7.81. The quantitative estimate of drug-likeness (QED) is 0.756. The molecule has 2 aromatic rings. The van der Waals surface area contributed by atoms with Gasteiger partial charge in [-0.05, 0) is 6.92 Å². The van der Waals surface area contributed by atoms with Gasteiger partial charge in [0.2, 0.25) is 0 Å². The van der Waals surface area contributed by atoms with Gasteiger partial charge in [-0.3, -0.25) is 4.79 Å². The third kappa shape index (κ3) is 2.08. The van der Waals surface area contributed by atoms with E-state index in [-0.39, 0.29) is 11.4 Å². The number of aromatic nitrogens is 5. The zero-order valence-electron chi connectivity index (χ0n) is 8.84. The van der Waals surface area contributed by atoms with Crippen LogP contribution in [0, 0.1) is 0 Å². The maximum Gasteiger partial charge on any atom is 0.290 e. The molecule has 0 fully saturated rings. The molecule has 7 heteroatoms. The highest BCUT2D eigenvalue weighted by Crippen LogP contribution is 1.98. The summed E-state index contributed by atoms with van der Waals surface area (Å²) < 4.78 is 1.89. The molecule has 0 aromatic carbocycles. The van der Waals surface area contributed by atoms with Gasteiger partial charge in [0.15, 0.2) is 11.6 Å². The molecule has 0 unspecified atom stereocenters. The van der Waals surface area contributed by atoms with Gasteiger partial charge in [-0.15, -0.1) is 10.2 Å². The van der Waals surface area contributed by atoms with Crippen LogP contribution in [0.25, 0.3) is 0 Å². The van der Waals surface area contributed by atoms with Crippen molar-refractivity contribution in [2.75, 3.05) is 5.32 Å². The lowest BCUT2D eigenvalue weighted by Crippen LogP contribution is -2.16. The van der Waals surface area contributed by atoms with E-state index in [1.807, 2.05) is 11.5 Å². The molecule has 0 aliphatic carbocycles. The summed E-state index contributed by atoms with van der Waals surface area (Å²) in [6.45, 7) is 3.22. The molecule has 0 atom stereocenters.